The van der Waals surface area contributed by atoms with Crippen molar-refractivity contribution in [2.24, 2.45) is 0 Å². The first-order valence-corrected chi connectivity index (χ1v) is 15.1. The minimum absolute atomic E-state index is 0.139. The number of ether oxygens (including phenoxy) is 2. The molecule has 0 bridgehead atoms. The van der Waals surface area contributed by atoms with Crippen LogP contribution >= 0.6 is 0 Å². The highest BCUT2D eigenvalue weighted by Gasteiger charge is 2.47. The van der Waals surface area contributed by atoms with Gasteiger partial charge in [-0.05, 0) is 41.0 Å². The molecule has 44 heavy (non-hydrogen) atoms. The molecule has 4 aromatic carbocycles. The zero-order chi connectivity index (χ0) is 31.6. The molecule has 0 saturated carbocycles. The molecule has 1 N–H and O–H groups in total. The normalized spacial score (nSPS) is 12.4. The number of carbonyl (C=O) groups is 2. The number of amides is 1. The molecule has 1 atom stereocenters. The van der Waals surface area contributed by atoms with Gasteiger partial charge >= 0.3 is 12.0 Å². The minimum Gasteiger partial charge on any atom is -0.497 e. The van der Waals surface area contributed by atoms with Gasteiger partial charge in [0.2, 0.25) is 15.8 Å². The smallest absolute Gasteiger partial charge is 0.408 e. The van der Waals surface area contributed by atoms with Gasteiger partial charge in [0.1, 0.15) is 18.4 Å². The summed E-state index contributed by atoms with van der Waals surface area (Å²) in [5.41, 5.74) is 1.62. The van der Waals surface area contributed by atoms with Crippen LogP contribution in [0.15, 0.2) is 120 Å². The Labute approximate surface area is 255 Å². The second-order valence-corrected chi connectivity index (χ2v) is 11.9. The molecular weight excluding hydrogens is 590 g/mol. The molecule has 0 aliphatic heterocycles. The molecule has 0 fully saturated rings. The summed E-state index contributed by atoms with van der Waals surface area (Å²) >= 11 is 0. The van der Waals surface area contributed by atoms with Crippen molar-refractivity contribution in [1.29, 1.82) is 0 Å². The molecule has 0 saturated heterocycles. The van der Waals surface area contributed by atoms with Gasteiger partial charge in [-0.1, -0.05) is 91.0 Å². The number of alkyl halides is 2. The summed E-state index contributed by atoms with van der Waals surface area (Å²) in [5.74, 6) is -5.46. The highest BCUT2D eigenvalue weighted by Crippen LogP contribution is 2.27. The molecule has 4 aromatic rings. The van der Waals surface area contributed by atoms with Gasteiger partial charge in [0.05, 0.1) is 18.6 Å². The van der Waals surface area contributed by atoms with E-state index in [0.717, 1.165) is 0 Å². The van der Waals surface area contributed by atoms with Crippen LogP contribution in [0.3, 0.4) is 0 Å². The Morgan fingerprint density at radius 1 is 0.795 bits per heavy atom. The molecular formula is C33H32F2N2O6S. The zero-order valence-electron chi connectivity index (χ0n) is 23.9. The van der Waals surface area contributed by atoms with E-state index in [1.807, 2.05) is 0 Å². The highest BCUT2D eigenvalue weighted by atomic mass is 32.2. The monoisotopic (exact) mass is 622 g/mol. The van der Waals surface area contributed by atoms with E-state index in [1.54, 1.807) is 91.0 Å². The largest absolute Gasteiger partial charge is 0.497 e. The number of benzene rings is 4. The quantitative estimate of drug-likeness (QED) is 0.196. The fraction of sp³-hybridized carbons (Fsp3) is 0.212. The Morgan fingerprint density at radius 2 is 1.32 bits per heavy atom. The number of alkyl carbamates (subject to hydrolysis) is 1. The van der Waals surface area contributed by atoms with Gasteiger partial charge in [0, 0.05) is 13.0 Å². The lowest BCUT2D eigenvalue weighted by molar-refractivity contribution is -0.146. The number of nitrogens with zero attached hydrogens (tertiary/aromatic N) is 1. The molecule has 1 amide bonds. The van der Waals surface area contributed by atoms with Crippen molar-refractivity contribution < 1.29 is 36.3 Å². The molecule has 0 aliphatic carbocycles. The molecule has 0 radical (unpaired) electrons. The second kappa shape index (κ2) is 14.7. The van der Waals surface area contributed by atoms with Crippen molar-refractivity contribution in [2.45, 2.75) is 36.4 Å². The lowest BCUT2D eigenvalue weighted by Gasteiger charge is -2.29. The third kappa shape index (κ3) is 8.71. The molecule has 230 valence electrons. The maximum atomic E-state index is 15.9. The van der Waals surface area contributed by atoms with Crippen molar-refractivity contribution in [1.82, 2.24) is 9.62 Å². The number of halogens is 2. The third-order valence-electron chi connectivity index (χ3n) is 6.74. The maximum Gasteiger partial charge on any atom is 0.408 e. The van der Waals surface area contributed by atoms with Crippen LogP contribution in [0.25, 0.3) is 0 Å². The van der Waals surface area contributed by atoms with Crippen LogP contribution in [0.1, 0.15) is 16.7 Å². The van der Waals surface area contributed by atoms with Gasteiger partial charge < -0.3 is 14.8 Å². The van der Waals surface area contributed by atoms with Crippen molar-refractivity contribution >= 4 is 21.9 Å². The highest BCUT2D eigenvalue weighted by molar-refractivity contribution is 7.89. The number of hydrogen-bond acceptors (Lipinski definition) is 6. The first-order chi connectivity index (χ1) is 21.1. The molecule has 0 aliphatic rings. The number of Topliss-reactive ketones (excluding diaryl/α,β-unsaturated/α-hetero) is 1. The molecule has 4 rings (SSSR count). The third-order valence-corrected chi connectivity index (χ3v) is 8.54. The summed E-state index contributed by atoms with van der Waals surface area (Å²) in [6, 6.07) is 28.8. The first-order valence-electron chi connectivity index (χ1n) is 13.7. The van der Waals surface area contributed by atoms with Gasteiger partial charge in [-0.2, -0.15) is 13.1 Å². The van der Waals surface area contributed by atoms with Crippen LogP contribution in [0.5, 0.6) is 5.75 Å². The average Bonchev–Trinajstić information content (AvgIpc) is 3.04. The summed E-state index contributed by atoms with van der Waals surface area (Å²) in [4.78, 5) is 25.9. The fourth-order valence-corrected chi connectivity index (χ4v) is 5.86. The molecule has 0 aromatic heterocycles. The van der Waals surface area contributed by atoms with E-state index in [2.05, 4.69) is 5.32 Å². The van der Waals surface area contributed by atoms with Crippen molar-refractivity contribution in [3.63, 3.8) is 0 Å². The number of nitrogens with one attached hydrogen (secondary N) is 1. The lowest BCUT2D eigenvalue weighted by atomic mass is 9.98. The summed E-state index contributed by atoms with van der Waals surface area (Å²) in [6.07, 6.45) is -1.33. The first kappa shape index (κ1) is 32.3. The second-order valence-electron chi connectivity index (χ2n) is 9.95. The van der Waals surface area contributed by atoms with Crippen molar-refractivity contribution in [2.75, 3.05) is 13.7 Å². The maximum absolute atomic E-state index is 15.9. The van der Waals surface area contributed by atoms with Gasteiger partial charge in [-0.25, -0.2) is 13.2 Å². The van der Waals surface area contributed by atoms with E-state index >= 15 is 8.78 Å². The minimum atomic E-state index is -4.50. The van der Waals surface area contributed by atoms with E-state index in [0.29, 0.717) is 26.7 Å². The van der Waals surface area contributed by atoms with Crippen LogP contribution in [-0.4, -0.2) is 50.2 Å². The average molecular weight is 623 g/mol. The standard InChI is InChI=1S/C33H32F2N2O6S/c1-42-28-17-19-29(20-18-28)44(40,41)37(22-26-13-7-3-8-14-26)24-33(34,35)31(38)30(21-25-11-5-2-6-12-25)36-32(39)43-23-27-15-9-4-10-16-27/h2-20,30H,21-24H2,1H3,(H,36,39)/t30-/m1/s1. The Balaban J connectivity index is 1.60. The fourth-order valence-electron chi connectivity index (χ4n) is 4.43. The van der Waals surface area contributed by atoms with Crippen LogP contribution < -0.4 is 10.1 Å². The van der Waals surface area contributed by atoms with Gasteiger partial charge in [0.15, 0.2) is 0 Å². The molecule has 0 heterocycles. The molecule has 0 spiro atoms. The van der Waals surface area contributed by atoms with Crippen LogP contribution in [0.4, 0.5) is 13.6 Å². The summed E-state index contributed by atoms with van der Waals surface area (Å²) in [6.45, 7) is -2.02. The van der Waals surface area contributed by atoms with Gasteiger partial charge in [-0.3, -0.25) is 4.79 Å². The van der Waals surface area contributed by atoms with E-state index in [-0.39, 0.29) is 17.9 Å². The Morgan fingerprint density at radius 3 is 1.86 bits per heavy atom. The lowest BCUT2D eigenvalue weighted by Crippen LogP contribution is -2.54. The Kier molecular flexibility index (Phi) is 10.8. The summed E-state index contributed by atoms with van der Waals surface area (Å²) in [7, 11) is -3.09. The number of methoxy groups -OCH3 is 1. The van der Waals surface area contributed by atoms with E-state index in [4.69, 9.17) is 9.47 Å². The SMILES string of the molecule is COc1ccc(S(=O)(=O)N(Cc2ccccc2)CC(F)(F)C(=O)[C@@H](Cc2ccccc2)NC(=O)OCc2ccccc2)cc1. The summed E-state index contributed by atoms with van der Waals surface area (Å²) < 4.78 is 70.0. The Bertz CT molecular complexity index is 1620. The van der Waals surface area contributed by atoms with E-state index < -0.39 is 47.0 Å². The number of carbonyl (C=O) groups excluding carboxylic acids is 2. The Hall–Kier alpha value is -4.61. The van der Waals surface area contributed by atoms with Gasteiger partial charge in [0.25, 0.3) is 0 Å². The molecule has 0 unspecified atom stereocenters. The predicted octanol–water partition coefficient (Wildman–Crippen LogP) is 5.63. The van der Waals surface area contributed by atoms with E-state index in [1.165, 1.54) is 31.4 Å². The van der Waals surface area contributed by atoms with Crippen molar-refractivity contribution in [3.8, 4) is 5.75 Å². The number of hydrogen-bond donors (Lipinski definition) is 1. The van der Waals surface area contributed by atoms with Crippen LogP contribution in [0.2, 0.25) is 0 Å². The predicted molar refractivity (Wildman–Crippen MR) is 161 cm³/mol. The summed E-state index contributed by atoms with van der Waals surface area (Å²) in [5, 5.41) is 2.28. The zero-order valence-corrected chi connectivity index (χ0v) is 24.8. The molecule has 11 heteroatoms. The van der Waals surface area contributed by atoms with E-state index in [9.17, 15) is 18.0 Å². The van der Waals surface area contributed by atoms with Crippen LogP contribution in [-0.2, 0) is 39.1 Å². The van der Waals surface area contributed by atoms with Crippen molar-refractivity contribution in [3.05, 3.63) is 132 Å². The van der Waals surface area contributed by atoms with Crippen LogP contribution in [0, 0.1) is 0 Å². The number of rotatable bonds is 14. The van der Waals surface area contributed by atoms with Gasteiger partial charge in [-0.15, -0.1) is 0 Å². The molecule has 8 nitrogen and oxygen atoms in total. The topological polar surface area (TPSA) is 102 Å². The number of sulfonamides is 1. The number of ketones is 1.